The summed E-state index contributed by atoms with van der Waals surface area (Å²) in [6, 6.07) is 12.9. The van der Waals surface area contributed by atoms with Crippen molar-refractivity contribution in [1.82, 2.24) is 0 Å². The number of hydrogen-bond acceptors (Lipinski definition) is 2. The minimum Gasteiger partial charge on any atom is -0.481 e. The van der Waals surface area contributed by atoms with Crippen molar-refractivity contribution >= 4 is 22.5 Å². The first-order chi connectivity index (χ1) is 9.02. The maximum Gasteiger partial charge on any atom is 0.314 e. The fraction of sp³-hybridized carbons (Fsp3) is 0.250. The molecule has 0 saturated heterocycles. The van der Waals surface area contributed by atoms with E-state index >= 15 is 0 Å². The minimum atomic E-state index is -1.06. The zero-order valence-corrected chi connectivity index (χ0v) is 11.0. The van der Waals surface area contributed by atoms with Crippen molar-refractivity contribution in [2.24, 2.45) is 11.8 Å². The number of hydrogen-bond donors (Lipinski definition) is 1. The highest BCUT2D eigenvalue weighted by Gasteiger charge is 2.31. The van der Waals surface area contributed by atoms with E-state index in [0.717, 1.165) is 10.8 Å². The first-order valence-corrected chi connectivity index (χ1v) is 6.27. The molecule has 98 valence electrons. The van der Waals surface area contributed by atoms with E-state index in [1.165, 1.54) is 0 Å². The van der Waals surface area contributed by atoms with Gasteiger partial charge in [0, 0.05) is 5.56 Å². The number of carbonyl (C=O) groups excluding carboxylic acids is 1. The fourth-order valence-corrected chi connectivity index (χ4v) is 2.31. The third-order valence-corrected chi connectivity index (χ3v) is 3.27. The Balaban J connectivity index is 2.55. The third kappa shape index (κ3) is 2.50. The Morgan fingerprint density at radius 2 is 1.63 bits per heavy atom. The maximum atomic E-state index is 12.5. The summed E-state index contributed by atoms with van der Waals surface area (Å²) >= 11 is 0. The lowest BCUT2D eigenvalue weighted by Crippen LogP contribution is -2.28. The standard InChI is InChI=1S/C16H16O3/c1-10(2)14(16(18)19)15(17)13-9-5-7-11-6-3-4-8-12(11)13/h3-10,14H,1-2H3,(H,18,19). The SMILES string of the molecule is CC(C)C(C(=O)O)C(=O)c1cccc2ccccc12. The molecular formula is C16H16O3. The molecule has 0 aliphatic carbocycles. The molecule has 3 nitrogen and oxygen atoms in total. The minimum absolute atomic E-state index is 0.232. The van der Waals surface area contributed by atoms with E-state index in [1.807, 2.05) is 30.3 Å². The van der Waals surface area contributed by atoms with E-state index in [9.17, 15) is 14.7 Å². The summed E-state index contributed by atoms with van der Waals surface area (Å²) in [5.74, 6) is -2.61. The molecule has 3 heteroatoms. The number of carboxylic acids is 1. The van der Waals surface area contributed by atoms with Crippen LogP contribution < -0.4 is 0 Å². The number of carbonyl (C=O) groups is 2. The van der Waals surface area contributed by atoms with E-state index in [-0.39, 0.29) is 11.7 Å². The van der Waals surface area contributed by atoms with Crippen LogP contribution in [0.4, 0.5) is 0 Å². The lowest BCUT2D eigenvalue weighted by Gasteiger charge is -2.16. The maximum absolute atomic E-state index is 12.5. The van der Waals surface area contributed by atoms with E-state index in [4.69, 9.17) is 0 Å². The molecular weight excluding hydrogens is 240 g/mol. The largest absolute Gasteiger partial charge is 0.481 e. The molecule has 0 heterocycles. The van der Waals surface area contributed by atoms with Crippen LogP contribution in [0.25, 0.3) is 10.8 Å². The highest BCUT2D eigenvalue weighted by atomic mass is 16.4. The van der Waals surface area contributed by atoms with Crippen LogP contribution in [0.3, 0.4) is 0 Å². The second-order valence-electron chi connectivity index (χ2n) is 4.95. The van der Waals surface area contributed by atoms with E-state index in [2.05, 4.69) is 0 Å². The molecule has 0 bridgehead atoms. The zero-order chi connectivity index (χ0) is 14.0. The van der Waals surface area contributed by atoms with Gasteiger partial charge in [0.2, 0.25) is 0 Å². The summed E-state index contributed by atoms with van der Waals surface area (Å²) in [4.78, 5) is 23.7. The smallest absolute Gasteiger partial charge is 0.314 e. The van der Waals surface area contributed by atoms with Crippen LogP contribution in [0.2, 0.25) is 0 Å². The van der Waals surface area contributed by atoms with Crippen molar-refractivity contribution in [2.75, 3.05) is 0 Å². The average Bonchev–Trinajstić information content (AvgIpc) is 2.37. The molecule has 0 aromatic heterocycles. The molecule has 0 radical (unpaired) electrons. The molecule has 0 amide bonds. The van der Waals surface area contributed by atoms with E-state index in [1.54, 1.807) is 26.0 Å². The number of aliphatic carboxylic acids is 1. The number of ketones is 1. The summed E-state index contributed by atoms with van der Waals surface area (Å²) in [6.45, 7) is 3.50. The van der Waals surface area contributed by atoms with Gasteiger partial charge in [-0.1, -0.05) is 56.3 Å². The van der Waals surface area contributed by atoms with Gasteiger partial charge in [0.25, 0.3) is 0 Å². The van der Waals surface area contributed by atoms with Crippen molar-refractivity contribution in [1.29, 1.82) is 0 Å². The predicted molar refractivity (Wildman–Crippen MR) is 74.2 cm³/mol. The van der Waals surface area contributed by atoms with Crippen molar-refractivity contribution in [3.63, 3.8) is 0 Å². The Morgan fingerprint density at radius 1 is 1.00 bits per heavy atom. The first kappa shape index (κ1) is 13.3. The van der Waals surface area contributed by atoms with Crippen molar-refractivity contribution in [3.8, 4) is 0 Å². The Hall–Kier alpha value is -2.16. The van der Waals surface area contributed by atoms with Crippen molar-refractivity contribution in [2.45, 2.75) is 13.8 Å². The van der Waals surface area contributed by atoms with Crippen molar-refractivity contribution in [3.05, 3.63) is 48.0 Å². The van der Waals surface area contributed by atoms with Crippen LogP contribution >= 0.6 is 0 Å². The highest BCUT2D eigenvalue weighted by molar-refractivity contribution is 6.15. The van der Waals surface area contributed by atoms with Crippen molar-refractivity contribution < 1.29 is 14.7 Å². The number of benzene rings is 2. The first-order valence-electron chi connectivity index (χ1n) is 6.27. The molecule has 0 fully saturated rings. The molecule has 1 atom stereocenters. The van der Waals surface area contributed by atoms with Crippen LogP contribution in [0.15, 0.2) is 42.5 Å². The molecule has 1 N–H and O–H groups in total. The summed E-state index contributed by atoms with van der Waals surface area (Å²) in [7, 11) is 0. The van der Waals surface area contributed by atoms with Gasteiger partial charge in [-0.2, -0.15) is 0 Å². The zero-order valence-electron chi connectivity index (χ0n) is 11.0. The molecule has 0 aliphatic heterocycles. The highest BCUT2D eigenvalue weighted by Crippen LogP contribution is 2.24. The van der Waals surface area contributed by atoms with Gasteiger partial charge >= 0.3 is 5.97 Å². The lowest BCUT2D eigenvalue weighted by molar-refractivity contribution is -0.141. The Morgan fingerprint density at radius 3 is 2.26 bits per heavy atom. The van der Waals surface area contributed by atoms with Gasteiger partial charge in [-0.25, -0.2) is 0 Å². The summed E-state index contributed by atoms with van der Waals surface area (Å²) < 4.78 is 0. The summed E-state index contributed by atoms with van der Waals surface area (Å²) in [5.41, 5.74) is 0.485. The van der Waals surface area contributed by atoms with Crippen LogP contribution in [0.5, 0.6) is 0 Å². The second kappa shape index (κ2) is 5.22. The molecule has 0 spiro atoms. The summed E-state index contributed by atoms with van der Waals surface area (Å²) in [6.07, 6.45) is 0. The van der Waals surface area contributed by atoms with Crippen LogP contribution in [-0.4, -0.2) is 16.9 Å². The Bertz CT molecular complexity index is 623. The molecule has 2 aromatic carbocycles. The predicted octanol–water partition coefficient (Wildman–Crippen LogP) is 3.38. The second-order valence-corrected chi connectivity index (χ2v) is 4.95. The van der Waals surface area contributed by atoms with Gasteiger partial charge in [0.1, 0.15) is 5.92 Å². The monoisotopic (exact) mass is 256 g/mol. The fourth-order valence-electron chi connectivity index (χ4n) is 2.31. The van der Waals surface area contributed by atoms with Gasteiger partial charge in [-0.05, 0) is 16.7 Å². The number of Topliss-reactive ketones (excluding diaryl/α,β-unsaturated/α-hetero) is 1. The molecule has 2 rings (SSSR count). The number of rotatable bonds is 4. The number of fused-ring (bicyclic) bond motifs is 1. The molecule has 19 heavy (non-hydrogen) atoms. The Kier molecular flexibility index (Phi) is 3.65. The molecule has 0 saturated carbocycles. The van der Waals surface area contributed by atoms with Crippen LogP contribution in [0.1, 0.15) is 24.2 Å². The topological polar surface area (TPSA) is 54.4 Å². The van der Waals surface area contributed by atoms with E-state index < -0.39 is 11.9 Å². The molecule has 0 aliphatic rings. The van der Waals surface area contributed by atoms with Gasteiger partial charge < -0.3 is 5.11 Å². The molecule has 2 aromatic rings. The lowest BCUT2D eigenvalue weighted by atomic mass is 9.86. The normalized spacial score (nSPS) is 12.6. The van der Waals surface area contributed by atoms with Crippen LogP contribution in [-0.2, 0) is 4.79 Å². The summed E-state index contributed by atoms with van der Waals surface area (Å²) in [5, 5.41) is 11.0. The van der Waals surface area contributed by atoms with Gasteiger partial charge in [0.15, 0.2) is 5.78 Å². The Labute approximate surface area is 111 Å². The van der Waals surface area contributed by atoms with Gasteiger partial charge in [0.05, 0.1) is 0 Å². The van der Waals surface area contributed by atoms with Gasteiger partial charge in [-0.15, -0.1) is 0 Å². The quantitative estimate of drug-likeness (QED) is 0.674. The number of carboxylic acid groups (broad SMARTS) is 1. The average molecular weight is 256 g/mol. The third-order valence-electron chi connectivity index (χ3n) is 3.27. The van der Waals surface area contributed by atoms with E-state index in [0.29, 0.717) is 5.56 Å². The molecule has 1 unspecified atom stereocenters. The van der Waals surface area contributed by atoms with Crippen LogP contribution in [0, 0.1) is 11.8 Å². The van der Waals surface area contributed by atoms with Gasteiger partial charge in [-0.3, -0.25) is 9.59 Å².